The van der Waals surface area contributed by atoms with Gasteiger partial charge in [-0.1, -0.05) is 90.9 Å². The first-order chi connectivity index (χ1) is 18.5. The molecule has 5 rings (SSSR count). The van der Waals surface area contributed by atoms with E-state index in [-0.39, 0.29) is 10.8 Å². The van der Waals surface area contributed by atoms with Crippen LogP contribution in [0.4, 0.5) is 0 Å². The lowest BCUT2D eigenvalue weighted by molar-refractivity contribution is 0.603. The van der Waals surface area contributed by atoms with Crippen LogP contribution in [-0.2, 0) is 23.9 Å². The summed E-state index contributed by atoms with van der Waals surface area (Å²) in [6.07, 6.45) is 1.21. The van der Waals surface area contributed by atoms with Gasteiger partial charge in [-0.25, -0.2) is 0 Å². The van der Waals surface area contributed by atoms with Gasteiger partial charge < -0.3 is 10.6 Å². The Kier molecular flexibility index (Phi) is 8.22. The van der Waals surface area contributed by atoms with Gasteiger partial charge in [0.15, 0.2) is 0 Å². The lowest BCUT2D eigenvalue weighted by Gasteiger charge is -2.16. The van der Waals surface area contributed by atoms with E-state index in [9.17, 15) is 0 Å². The average Bonchev–Trinajstić information content (AvgIpc) is 3.26. The zero-order valence-electron chi connectivity index (χ0n) is 24.7. The molecule has 4 aromatic rings. The molecule has 0 saturated heterocycles. The molecule has 2 atom stereocenters. The van der Waals surface area contributed by atoms with E-state index in [0.29, 0.717) is 12.0 Å². The van der Waals surface area contributed by atoms with E-state index >= 15 is 0 Å². The molecule has 0 spiro atoms. The summed E-state index contributed by atoms with van der Waals surface area (Å²) in [5.41, 5.74) is 7.40. The Morgan fingerprint density at radius 2 is 1.33 bits per heavy atom. The van der Waals surface area contributed by atoms with E-state index in [0.717, 1.165) is 19.6 Å². The summed E-state index contributed by atoms with van der Waals surface area (Å²) in [7, 11) is 0. The van der Waals surface area contributed by atoms with Crippen molar-refractivity contribution in [2.24, 2.45) is 0 Å². The van der Waals surface area contributed by atoms with E-state index < -0.39 is 0 Å². The summed E-state index contributed by atoms with van der Waals surface area (Å²) in [5.74, 6) is 0.592. The Morgan fingerprint density at radius 1 is 0.718 bits per heavy atom. The lowest BCUT2D eigenvalue weighted by Crippen LogP contribution is -2.18. The molecule has 0 bridgehead atoms. The van der Waals surface area contributed by atoms with Crippen molar-refractivity contribution >= 4 is 22.7 Å². The molecule has 1 aliphatic carbocycles. The molecule has 1 fully saturated rings. The highest BCUT2D eigenvalue weighted by Crippen LogP contribution is 2.44. The normalized spacial score (nSPS) is 17.5. The Labute approximate surface area is 243 Å². The van der Waals surface area contributed by atoms with Crippen molar-refractivity contribution in [1.82, 2.24) is 10.6 Å². The first-order valence-corrected chi connectivity index (χ1v) is 16.0. The van der Waals surface area contributed by atoms with Crippen LogP contribution in [0.3, 0.4) is 0 Å². The molecule has 2 N–H and O–H groups in total. The summed E-state index contributed by atoms with van der Waals surface area (Å²) in [6.45, 7) is 18.8. The van der Waals surface area contributed by atoms with Crippen molar-refractivity contribution in [3.8, 4) is 20.9 Å². The molecular formula is C35H44N2S2. The van der Waals surface area contributed by atoms with Gasteiger partial charge in [0.25, 0.3) is 0 Å². The Morgan fingerprint density at radius 3 is 1.92 bits per heavy atom. The number of thiophene rings is 2. The molecule has 39 heavy (non-hydrogen) atoms. The van der Waals surface area contributed by atoms with Crippen molar-refractivity contribution in [1.29, 1.82) is 0 Å². The van der Waals surface area contributed by atoms with Crippen molar-refractivity contribution in [2.45, 2.75) is 90.8 Å². The van der Waals surface area contributed by atoms with Crippen LogP contribution in [0, 0.1) is 0 Å². The summed E-state index contributed by atoms with van der Waals surface area (Å²) in [5, 5.41) is 7.47. The molecule has 0 aliphatic heterocycles. The van der Waals surface area contributed by atoms with E-state index in [2.05, 4.69) is 126 Å². The fourth-order valence-electron chi connectivity index (χ4n) is 5.21. The number of hydrogen-bond acceptors (Lipinski definition) is 4. The number of nitrogens with one attached hydrogen (secondary N) is 2. The molecule has 2 heterocycles. The minimum atomic E-state index is 0.189. The summed E-state index contributed by atoms with van der Waals surface area (Å²) in [4.78, 5) is 5.64. The van der Waals surface area contributed by atoms with Crippen LogP contribution in [0.25, 0.3) is 20.9 Å². The van der Waals surface area contributed by atoms with Crippen LogP contribution in [0.2, 0.25) is 0 Å². The third-order valence-electron chi connectivity index (χ3n) is 7.71. The maximum absolute atomic E-state index is 3.89. The first kappa shape index (κ1) is 28.3. The van der Waals surface area contributed by atoms with Gasteiger partial charge in [0.2, 0.25) is 0 Å². The largest absolute Gasteiger partial charge is 0.313 e. The van der Waals surface area contributed by atoms with Gasteiger partial charge in [0, 0.05) is 44.6 Å². The van der Waals surface area contributed by atoms with Gasteiger partial charge in [-0.2, -0.15) is 0 Å². The van der Waals surface area contributed by atoms with Crippen LogP contribution in [0.15, 0.2) is 66.7 Å². The maximum atomic E-state index is 3.89. The highest BCUT2D eigenvalue weighted by atomic mass is 32.1. The molecule has 1 saturated carbocycles. The zero-order chi connectivity index (χ0) is 27.8. The fourth-order valence-corrected chi connectivity index (χ4v) is 7.46. The SMILES string of the molecule is CCNCc1cc(C2CC2NCc2ccccc2-c2ccc(C(C)(C)C)s2)ccc1-c1ccc(C(C)(C)C)s1. The van der Waals surface area contributed by atoms with Crippen LogP contribution in [0.5, 0.6) is 0 Å². The van der Waals surface area contributed by atoms with Crippen LogP contribution < -0.4 is 10.6 Å². The second-order valence-electron chi connectivity index (χ2n) is 13.0. The molecular weight excluding hydrogens is 513 g/mol. The monoisotopic (exact) mass is 556 g/mol. The minimum Gasteiger partial charge on any atom is -0.313 e. The highest BCUT2D eigenvalue weighted by Gasteiger charge is 2.38. The minimum absolute atomic E-state index is 0.189. The third kappa shape index (κ3) is 6.57. The highest BCUT2D eigenvalue weighted by molar-refractivity contribution is 7.16. The molecule has 2 aromatic carbocycles. The van der Waals surface area contributed by atoms with Gasteiger partial charge in [-0.15, -0.1) is 22.7 Å². The van der Waals surface area contributed by atoms with Gasteiger partial charge in [0.05, 0.1) is 0 Å². The summed E-state index contributed by atoms with van der Waals surface area (Å²) < 4.78 is 0. The van der Waals surface area contributed by atoms with Crippen LogP contribution >= 0.6 is 22.7 Å². The molecule has 0 radical (unpaired) electrons. The zero-order valence-corrected chi connectivity index (χ0v) is 26.3. The molecule has 2 nitrogen and oxygen atoms in total. The predicted molar refractivity (Wildman–Crippen MR) is 172 cm³/mol. The Balaban J connectivity index is 1.29. The smallest absolute Gasteiger partial charge is 0.0349 e. The maximum Gasteiger partial charge on any atom is 0.0349 e. The Hall–Kier alpha value is -2.24. The average molecular weight is 557 g/mol. The van der Waals surface area contributed by atoms with Crippen molar-refractivity contribution in [3.05, 3.63) is 93.2 Å². The van der Waals surface area contributed by atoms with Gasteiger partial charge in [-0.05, 0) is 75.9 Å². The van der Waals surface area contributed by atoms with Gasteiger partial charge >= 0.3 is 0 Å². The fraction of sp³-hybridized carbons (Fsp3) is 0.429. The van der Waals surface area contributed by atoms with Crippen molar-refractivity contribution in [2.75, 3.05) is 6.54 Å². The lowest BCUT2D eigenvalue weighted by atomic mass is 9.95. The van der Waals surface area contributed by atoms with E-state index in [1.807, 2.05) is 22.7 Å². The second kappa shape index (κ2) is 11.3. The van der Waals surface area contributed by atoms with Crippen LogP contribution in [-0.4, -0.2) is 12.6 Å². The Bertz CT molecular complexity index is 1410. The number of hydrogen-bond donors (Lipinski definition) is 2. The molecule has 206 valence electrons. The van der Waals surface area contributed by atoms with E-state index in [1.54, 1.807) is 0 Å². The quantitative estimate of drug-likeness (QED) is 0.214. The van der Waals surface area contributed by atoms with Gasteiger partial charge in [-0.3, -0.25) is 0 Å². The first-order valence-electron chi connectivity index (χ1n) is 14.4. The summed E-state index contributed by atoms with van der Waals surface area (Å²) >= 11 is 3.87. The van der Waals surface area contributed by atoms with E-state index in [1.165, 1.54) is 53.7 Å². The van der Waals surface area contributed by atoms with Crippen molar-refractivity contribution in [3.63, 3.8) is 0 Å². The van der Waals surface area contributed by atoms with Crippen molar-refractivity contribution < 1.29 is 0 Å². The van der Waals surface area contributed by atoms with Gasteiger partial charge in [0.1, 0.15) is 0 Å². The molecule has 0 amide bonds. The molecule has 1 aliphatic rings. The molecule has 2 aromatic heterocycles. The second-order valence-corrected chi connectivity index (χ2v) is 15.2. The number of rotatable bonds is 9. The standard InChI is InChI=1S/C35H44N2S2/c1-8-36-21-25-19-23(13-14-27(25)31-16-18-33(39-31)35(5,6)7)28-20-29(28)37-22-24-11-9-10-12-26(24)30-15-17-32(38-30)34(2,3)4/h9-19,28-29,36-37H,8,20-22H2,1-7H3. The van der Waals surface area contributed by atoms with E-state index in [4.69, 9.17) is 0 Å². The topological polar surface area (TPSA) is 24.1 Å². The number of benzene rings is 2. The predicted octanol–water partition coefficient (Wildman–Crippen LogP) is 9.49. The van der Waals surface area contributed by atoms with Crippen LogP contribution in [0.1, 0.15) is 87.2 Å². The molecule has 4 heteroatoms. The molecule has 2 unspecified atom stereocenters. The third-order valence-corrected chi connectivity index (χ3v) is 10.8. The summed E-state index contributed by atoms with van der Waals surface area (Å²) in [6, 6.07) is 25.9.